The number of halogens is 1. The second kappa shape index (κ2) is 7.32. The van der Waals surface area contributed by atoms with Gasteiger partial charge >= 0.3 is 0 Å². The first-order valence-electron chi connectivity index (χ1n) is 7.74. The molecule has 2 N–H and O–H groups in total. The molecule has 25 heavy (non-hydrogen) atoms. The Morgan fingerprint density at radius 3 is 2.60 bits per heavy atom. The molecular weight excluding hydrogens is 336 g/mol. The lowest BCUT2D eigenvalue weighted by molar-refractivity contribution is 0.102. The summed E-state index contributed by atoms with van der Waals surface area (Å²) in [5.74, 6) is 0.237. The van der Waals surface area contributed by atoms with E-state index in [0.29, 0.717) is 16.5 Å². The SMILES string of the molecule is Cc1cccc(Nc2cnc(C(=O)Nc3cc(Cl)ccc3C)cn2)c1. The predicted molar refractivity (Wildman–Crippen MR) is 101 cm³/mol. The van der Waals surface area contributed by atoms with Gasteiger partial charge in [0.05, 0.1) is 12.4 Å². The van der Waals surface area contributed by atoms with Crippen molar-refractivity contribution in [3.05, 3.63) is 76.7 Å². The molecule has 1 heterocycles. The first kappa shape index (κ1) is 16.9. The summed E-state index contributed by atoms with van der Waals surface area (Å²) in [7, 11) is 0. The van der Waals surface area contributed by atoms with Crippen molar-refractivity contribution in [2.24, 2.45) is 0 Å². The molecule has 126 valence electrons. The molecule has 0 saturated carbocycles. The number of nitrogens with zero attached hydrogens (tertiary/aromatic N) is 2. The van der Waals surface area contributed by atoms with E-state index in [9.17, 15) is 4.79 Å². The monoisotopic (exact) mass is 352 g/mol. The van der Waals surface area contributed by atoms with Crippen molar-refractivity contribution in [2.75, 3.05) is 10.6 Å². The van der Waals surface area contributed by atoms with E-state index in [0.717, 1.165) is 16.8 Å². The Bertz CT molecular complexity index is 910. The second-order valence-electron chi connectivity index (χ2n) is 5.69. The van der Waals surface area contributed by atoms with Gasteiger partial charge in [-0.1, -0.05) is 29.8 Å². The quantitative estimate of drug-likeness (QED) is 0.711. The van der Waals surface area contributed by atoms with Crippen LogP contribution in [-0.4, -0.2) is 15.9 Å². The summed E-state index contributed by atoms with van der Waals surface area (Å²) in [5.41, 5.74) is 3.87. The molecule has 0 unspecified atom stereocenters. The fourth-order valence-electron chi connectivity index (χ4n) is 2.30. The Kier molecular flexibility index (Phi) is 4.95. The number of rotatable bonds is 4. The van der Waals surface area contributed by atoms with Gasteiger partial charge in [0.25, 0.3) is 5.91 Å². The summed E-state index contributed by atoms with van der Waals surface area (Å²) in [4.78, 5) is 20.7. The zero-order valence-corrected chi connectivity index (χ0v) is 14.6. The van der Waals surface area contributed by atoms with E-state index in [1.54, 1.807) is 12.1 Å². The predicted octanol–water partition coefficient (Wildman–Crippen LogP) is 4.74. The van der Waals surface area contributed by atoms with Gasteiger partial charge in [-0.15, -0.1) is 0 Å². The van der Waals surface area contributed by atoms with Gasteiger partial charge in [0.15, 0.2) is 0 Å². The first-order valence-corrected chi connectivity index (χ1v) is 8.12. The van der Waals surface area contributed by atoms with Gasteiger partial charge in [-0.2, -0.15) is 0 Å². The molecule has 5 nitrogen and oxygen atoms in total. The van der Waals surface area contributed by atoms with E-state index in [4.69, 9.17) is 11.6 Å². The van der Waals surface area contributed by atoms with Crippen molar-refractivity contribution in [2.45, 2.75) is 13.8 Å². The average Bonchev–Trinajstić information content (AvgIpc) is 2.59. The maximum atomic E-state index is 12.3. The van der Waals surface area contributed by atoms with Gasteiger partial charge in [0.2, 0.25) is 0 Å². The van der Waals surface area contributed by atoms with Crippen molar-refractivity contribution in [3.8, 4) is 0 Å². The summed E-state index contributed by atoms with van der Waals surface area (Å²) in [6.07, 6.45) is 2.97. The Hall–Kier alpha value is -2.92. The molecule has 3 aromatic rings. The van der Waals surface area contributed by atoms with Crippen molar-refractivity contribution in [1.29, 1.82) is 0 Å². The topological polar surface area (TPSA) is 66.9 Å². The highest BCUT2D eigenvalue weighted by atomic mass is 35.5. The number of anilines is 3. The minimum Gasteiger partial charge on any atom is -0.339 e. The van der Waals surface area contributed by atoms with E-state index >= 15 is 0 Å². The Morgan fingerprint density at radius 2 is 1.88 bits per heavy atom. The van der Waals surface area contributed by atoms with Crippen LogP contribution < -0.4 is 10.6 Å². The van der Waals surface area contributed by atoms with Gasteiger partial charge in [-0.05, 0) is 49.2 Å². The summed E-state index contributed by atoms with van der Waals surface area (Å²) in [6, 6.07) is 13.2. The third-order valence-corrected chi connectivity index (χ3v) is 3.86. The summed E-state index contributed by atoms with van der Waals surface area (Å²) >= 11 is 5.97. The summed E-state index contributed by atoms with van der Waals surface area (Å²) in [5, 5.41) is 6.51. The average molecular weight is 353 g/mol. The van der Waals surface area contributed by atoms with E-state index in [-0.39, 0.29) is 11.6 Å². The van der Waals surface area contributed by atoms with Crippen LogP contribution in [0.2, 0.25) is 5.02 Å². The normalized spacial score (nSPS) is 10.4. The summed E-state index contributed by atoms with van der Waals surface area (Å²) < 4.78 is 0. The number of nitrogens with one attached hydrogen (secondary N) is 2. The van der Waals surface area contributed by atoms with Crippen LogP contribution in [0.25, 0.3) is 0 Å². The Labute approximate surface area is 151 Å². The molecule has 1 aromatic heterocycles. The highest BCUT2D eigenvalue weighted by Gasteiger charge is 2.10. The molecule has 0 bridgehead atoms. The van der Waals surface area contributed by atoms with Gasteiger partial charge in [-0.3, -0.25) is 4.79 Å². The van der Waals surface area contributed by atoms with E-state index in [1.165, 1.54) is 12.4 Å². The maximum absolute atomic E-state index is 12.3. The van der Waals surface area contributed by atoms with Gasteiger partial charge in [-0.25, -0.2) is 9.97 Å². The smallest absolute Gasteiger partial charge is 0.275 e. The molecule has 0 fully saturated rings. The van der Waals surface area contributed by atoms with E-state index in [1.807, 2.05) is 44.2 Å². The van der Waals surface area contributed by atoms with Crippen molar-refractivity contribution < 1.29 is 4.79 Å². The van der Waals surface area contributed by atoms with Gasteiger partial charge < -0.3 is 10.6 Å². The first-order chi connectivity index (χ1) is 12.0. The van der Waals surface area contributed by atoms with E-state index in [2.05, 4.69) is 20.6 Å². The van der Waals surface area contributed by atoms with Crippen LogP contribution in [0.5, 0.6) is 0 Å². The minimum absolute atomic E-state index is 0.231. The number of hydrogen-bond acceptors (Lipinski definition) is 4. The lowest BCUT2D eigenvalue weighted by Gasteiger charge is -2.09. The van der Waals surface area contributed by atoms with Crippen molar-refractivity contribution in [3.63, 3.8) is 0 Å². The van der Waals surface area contributed by atoms with Gasteiger partial charge in [0, 0.05) is 16.4 Å². The van der Waals surface area contributed by atoms with Crippen molar-refractivity contribution in [1.82, 2.24) is 9.97 Å². The van der Waals surface area contributed by atoms with Crippen LogP contribution in [0.3, 0.4) is 0 Å². The molecule has 1 amide bonds. The highest BCUT2D eigenvalue weighted by Crippen LogP contribution is 2.21. The number of aromatic nitrogens is 2. The molecule has 0 aliphatic carbocycles. The number of carbonyl (C=O) groups is 1. The maximum Gasteiger partial charge on any atom is 0.275 e. The molecule has 2 aromatic carbocycles. The third kappa shape index (κ3) is 4.33. The standard InChI is InChI=1S/C19H17ClN4O/c1-12-4-3-5-15(8-12)23-18-11-21-17(10-22-18)19(25)24-16-9-14(20)7-6-13(16)2/h3-11H,1-2H3,(H,22,23)(H,24,25). The van der Waals surface area contributed by atoms with Crippen LogP contribution in [0.1, 0.15) is 21.6 Å². The molecule has 0 atom stereocenters. The molecule has 3 rings (SSSR count). The Balaban J connectivity index is 1.71. The molecule has 0 aliphatic heterocycles. The van der Waals surface area contributed by atoms with Crippen LogP contribution in [0.4, 0.5) is 17.2 Å². The number of carbonyl (C=O) groups excluding carboxylic acids is 1. The number of amides is 1. The molecular formula is C19H17ClN4O. The lowest BCUT2D eigenvalue weighted by atomic mass is 10.2. The van der Waals surface area contributed by atoms with Crippen LogP contribution in [0.15, 0.2) is 54.9 Å². The third-order valence-electron chi connectivity index (χ3n) is 3.62. The van der Waals surface area contributed by atoms with Crippen LogP contribution >= 0.6 is 11.6 Å². The molecule has 6 heteroatoms. The van der Waals surface area contributed by atoms with E-state index < -0.39 is 0 Å². The second-order valence-corrected chi connectivity index (χ2v) is 6.13. The zero-order chi connectivity index (χ0) is 17.8. The minimum atomic E-state index is -0.333. The highest BCUT2D eigenvalue weighted by molar-refractivity contribution is 6.31. The lowest BCUT2D eigenvalue weighted by Crippen LogP contribution is -2.15. The van der Waals surface area contributed by atoms with Crippen molar-refractivity contribution >= 4 is 34.7 Å². The zero-order valence-electron chi connectivity index (χ0n) is 13.9. The Morgan fingerprint density at radius 1 is 1.04 bits per heavy atom. The van der Waals surface area contributed by atoms with Crippen LogP contribution in [0, 0.1) is 13.8 Å². The van der Waals surface area contributed by atoms with Gasteiger partial charge in [0.1, 0.15) is 11.5 Å². The number of hydrogen-bond donors (Lipinski definition) is 2. The molecule has 0 saturated heterocycles. The van der Waals surface area contributed by atoms with Crippen LogP contribution in [-0.2, 0) is 0 Å². The fourth-order valence-corrected chi connectivity index (χ4v) is 2.47. The fraction of sp³-hybridized carbons (Fsp3) is 0.105. The number of benzene rings is 2. The molecule has 0 radical (unpaired) electrons. The number of aryl methyl sites for hydroxylation is 2. The molecule has 0 spiro atoms. The summed E-state index contributed by atoms with van der Waals surface area (Å²) in [6.45, 7) is 3.91. The molecule has 0 aliphatic rings. The largest absolute Gasteiger partial charge is 0.339 e.